The first kappa shape index (κ1) is 7.57. The smallest absolute Gasteiger partial charge is 0.0535 e. The molecular weight excluding hydrogens is 158 g/mol. The number of hydrogen-bond donors (Lipinski definition) is 0. The molecule has 1 unspecified atom stereocenters. The minimum absolute atomic E-state index is 0.366. The Bertz CT molecular complexity index is 311. The van der Waals surface area contributed by atoms with Crippen LogP contribution >= 0.6 is 0 Å². The normalized spacial score (nSPS) is 38.5. The van der Waals surface area contributed by atoms with Gasteiger partial charge in [-0.25, -0.2) is 0 Å². The molecule has 0 aliphatic carbocycles. The van der Waals surface area contributed by atoms with E-state index in [0.717, 1.165) is 18.5 Å². The number of hydrogen-bond acceptors (Lipinski definition) is 1. The summed E-state index contributed by atoms with van der Waals surface area (Å²) < 4.78 is 8.38. The zero-order valence-electron chi connectivity index (χ0n) is 9.33. The van der Waals surface area contributed by atoms with Crippen molar-refractivity contribution in [3.63, 3.8) is 0 Å². The van der Waals surface area contributed by atoms with Crippen molar-refractivity contribution in [1.29, 1.82) is 0 Å². The number of benzene rings is 1. The number of nitrogens with zero attached hydrogens (tertiary/aromatic N) is 1. The van der Waals surface area contributed by atoms with E-state index in [0.29, 0.717) is 6.04 Å². The van der Waals surface area contributed by atoms with Crippen LogP contribution in [0.5, 0.6) is 0 Å². The highest BCUT2D eigenvalue weighted by molar-refractivity contribution is 5.26. The van der Waals surface area contributed by atoms with E-state index in [-0.39, 0.29) is 0 Å². The van der Waals surface area contributed by atoms with Crippen LogP contribution in [0.3, 0.4) is 0 Å². The summed E-state index contributed by atoms with van der Waals surface area (Å²) in [6.45, 7) is 5.33. The minimum atomic E-state index is -0.447. The summed E-state index contributed by atoms with van der Waals surface area (Å²) in [4.78, 5) is 2.24. The van der Waals surface area contributed by atoms with E-state index < -0.39 is 6.02 Å². The molecule has 1 saturated heterocycles. The van der Waals surface area contributed by atoms with Crippen molar-refractivity contribution in [2.75, 3.05) is 6.54 Å². The van der Waals surface area contributed by atoms with Gasteiger partial charge in [-0.2, -0.15) is 0 Å². The highest BCUT2D eigenvalue weighted by atomic mass is 15.3. The second kappa shape index (κ2) is 3.51. The van der Waals surface area contributed by atoms with E-state index in [1.807, 2.05) is 18.2 Å². The van der Waals surface area contributed by atoms with Crippen molar-refractivity contribution in [3.05, 3.63) is 35.9 Å². The van der Waals surface area contributed by atoms with Gasteiger partial charge in [-0.3, -0.25) is 4.90 Å². The lowest BCUT2D eigenvalue weighted by molar-refractivity contribution is 0.485. The Labute approximate surface area is 81.8 Å². The first-order valence-electron chi connectivity index (χ1n) is 5.53. The fraction of sp³-hybridized carbons (Fsp3) is 0.500. The van der Waals surface area contributed by atoms with Crippen LogP contribution in [0, 0.1) is 0 Å². The van der Waals surface area contributed by atoms with Gasteiger partial charge in [-0.05, 0) is 25.5 Å². The van der Waals surface area contributed by atoms with Crippen molar-refractivity contribution < 1.29 is 1.37 Å². The predicted molar refractivity (Wildman–Crippen MR) is 55.6 cm³/mol. The molecule has 3 atom stereocenters. The Morgan fingerprint density at radius 2 is 2.08 bits per heavy atom. The van der Waals surface area contributed by atoms with Gasteiger partial charge in [0.15, 0.2) is 0 Å². The predicted octanol–water partition coefficient (Wildman–Crippen LogP) is 2.84. The molecule has 0 N–H and O–H groups in total. The number of rotatable bonds is 3. The van der Waals surface area contributed by atoms with Gasteiger partial charge in [-0.15, -0.1) is 0 Å². The standard InChI is InChI=1S/C12H17N/c1-3-9-13-10(2)12(13)11-7-5-4-6-8-11/h4-8,10,12H,3,9H2,1-2H3/t10-,12+,13?/m0/s1/i12D. The summed E-state index contributed by atoms with van der Waals surface area (Å²) in [5, 5.41) is 0. The van der Waals surface area contributed by atoms with Crippen molar-refractivity contribution in [3.8, 4) is 0 Å². The van der Waals surface area contributed by atoms with E-state index in [1.54, 1.807) is 0 Å². The molecule has 2 rings (SSSR count). The van der Waals surface area contributed by atoms with Crippen molar-refractivity contribution in [2.45, 2.75) is 32.3 Å². The fourth-order valence-corrected chi connectivity index (χ4v) is 1.92. The van der Waals surface area contributed by atoms with Gasteiger partial charge in [0, 0.05) is 6.04 Å². The zero-order valence-corrected chi connectivity index (χ0v) is 8.33. The van der Waals surface area contributed by atoms with Crippen LogP contribution in [-0.2, 0) is 0 Å². The quantitative estimate of drug-likeness (QED) is 0.640. The maximum absolute atomic E-state index is 8.38. The van der Waals surface area contributed by atoms with Crippen LogP contribution in [-0.4, -0.2) is 17.5 Å². The van der Waals surface area contributed by atoms with Gasteiger partial charge in [0.1, 0.15) is 0 Å². The summed E-state index contributed by atoms with van der Waals surface area (Å²) >= 11 is 0. The molecule has 1 heteroatoms. The van der Waals surface area contributed by atoms with Gasteiger partial charge in [0.25, 0.3) is 0 Å². The van der Waals surface area contributed by atoms with Crippen LogP contribution in [0.15, 0.2) is 30.3 Å². The molecule has 0 amide bonds. The molecule has 1 aromatic carbocycles. The van der Waals surface area contributed by atoms with E-state index in [1.165, 1.54) is 0 Å². The van der Waals surface area contributed by atoms with Crippen molar-refractivity contribution >= 4 is 0 Å². The highest BCUT2D eigenvalue weighted by Gasteiger charge is 2.43. The molecule has 0 saturated carbocycles. The Kier molecular flexibility index (Phi) is 2.04. The second-order valence-electron chi connectivity index (χ2n) is 3.62. The Hall–Kier alpha value is -0.820. The third-order valence-electron chi connectivity index (χ3n) is 2.64. The molecule has 1 aliphatic heterocycles. The maximum atomic E-state index is 8.38. The molecule has 13 heavy (non-hydrogen) atoms. The molecular formula is C12H17N. The molecule has 1 nitrogen and oxygen atoms in total. The van der Waals surface area contributed by atoms with Crippen LogP contribution < -0.4 is 0 Å². The SMILES string of the molecule is [2H][C@]1(c2ccccc2)[C@H](C)N1CCC. The van der Waals surface area contributed by atoms with E-state index >= 15 is 0 Å². The third kappa shape index (κ3) is 1.61. The molecule has 1 aliphatic rings. The van der Waals surface area contributed by atoms with E-state index in [4.69, 9.17) is 1.37 Å². The molecule has 0 spiro atoms. The Morgan fingerprint density at radius 1 is 1.38 bits per heavy atom. The molecule has 0 radical (unpaired) electrons. The lowest BCUT2D eigenvalue weighted by atomic mass is 10.1. The molecule has 0 aromatic heterocycles. The molecule has 1 aromatic rings. The van der Waals surface area contributed by atoms with Crippen LogP contribution in [0.4, 0.5) is 0 Å². The summed E-state index contributed by atoms with van der Waals surface area (Å²) in [5.74, 6) is 0. The van der Waals surface area contributed by atoms with Gasteiger partial charge in [-0.1, -0.05) is 37.3 Å². The Balaban J connectivity index is 2.20. The molecule has 70 valence electrons. The van der Waals surface area contributed by atoms with Gasteiger partial charge >= 0.3 is 0 Å². The molecule has 0 bridgehead atoms. The van der Waals surface area contributed by atoms with Crippen LogP contribution in [0.2, 0.25) is 0 Å². The van der Waals surface area contributed by atoms with E-state index in [2.05, 4.69) is 30.9 Å². The minimum Gasteiger partial charge on any atom is -0.290 e. The van der Waals surface area contributed by atoms with Gasteiger partial charge < -0.3 is 0 Å². The summed E-state index contributed by atoms with van der Waals surface area (Å²) in [6, 6.07) is 10.1. The lowest BCUT2D eigenvalue weighted by Crippen LogP contribution is -2.00. The fourth-order valence-electron chi connectivity index (χ4n) is 1.92. The van der Waals surface area contributed by atoms with Crippen molar-refractivity contribution in [2.24, 2.45) is 0 Å². The van der Waals surface area contributed by atoms with E-state index in [9.17, 15) is 0 Å². The summed E-state index contributed by atoms with van der Waals surface area (Å²) in [6.07, 6.45) is 1.12. The lowest BCUT2D eigenvalue weighted by Gasteiger charge is -2.00. The second-order valence-corrected chi connectivity index (χ2v) is 3.62. The topological polar surface area (TPSA) is 3.01 Å². The van der Waals surface area contributed by atoms with Crippen LogP contribution in [0.1, 0.15) is 33.2 Å². The summed E-state index contributed by atoms with van der Waals surface area (Å²) in [5.41, 5.74) is 1.13. The average molecular weight is 176 g/mol. The molecule has 1 heterocycles. The molecule has 1 fully saturated rings. The zero-order chi connectivity index (χ0) is 10.2. The monoisotopic (exact) mass is 176 g/mol. The third-order valence-corrected chi connectivity index (χ3v) is 2.64. The first-order chi connectivity index (χ1) is 6.71. The van der Waals surface area contributed by atoms with Gasteiger partial charge in [0.2, 0.25) is 0 Å². The largest absolute Gasteiger partial charge is 0.290 e. The highest BCUT2D eigenvalue weighted by Crippen LogP contribution is 2.42. The van der Waals surface area contributed by atoms with Crippen molar-refractivity contribution in [1.82, 2.24) is 4.90 Å². The average Bonchev–Trinajstić information content (AvgIpc) is 2.75. The van der Waals surface area contributed by atoms with Gasteiger partial charge in [0.05, 0.1) is 7.39 Å². The van der Waals surface area contributed by atoms with Crippen LogP contribution in [0.25, 0.3) is 0 Å². The maximum Gasteiger partial charge on any atom is 0.0535 e. The summed E-state index contributed by atoms with van der Waals surface area (Å²) in [7, 11) is 0. The Morgan fingerprint density at radius 3 is 2.69 bits per heavy atom. The first-order valence-corrected chi connectivity index (χ1v) is 5.03.